The first-order valence-electron chi connectivity index (χ1n) is 12.7. The topological polar surface area (TPSA) is 97.4 Å². The summed E-state index contributed by atoms with van der Waals surface area (Å²) in [6.45, 7) is 1.97. The average molecular weight is 507 g/mol. The first kappa shape index (κ1) is 24.9. The van der Waals surface area contributed by atoms with Crippen molar-refractivity contribution in [2.45, 2.75) is 63.9 Å². The van der Waals surface area contributed by atoms with Crippen LogP contribution in [-0.4, -0.2) is 37.7 Å². The van der Waals surface area contributed by atoms with Crippen molar-refractivity contribution in [1.29, 1.82) is 0 Å². The lowest BCUT2D eigenvalue weighted by Crippen LogP contribution is -2.24. The molecular formula is C29H30O8. The van der Waals surface area contributed by atoms with E-state index in [-0.39, 0.29) is 31.1 Å². The molecule has 0 saturated carbocycles. The van der Waals surface area contributed by atoms with Gasteiger partial charge in [-0.2, -0.15) is 0 Å². The van der Waals surface area contributed by atoms with Crippen LogP contribution in [0, 0.1) is 0 Å². The second kappa shape index (κ2) is 10.7. The Kier molecular flexibility index (Phi) is 7.17. The van der Waals surface area contributed by atoms with Crippen LogP contribution in [0.4, 0.5) is 0 Å². The van der Waals surface area contributed by atoms with Gasteiger partial charge in [-0.3, -0.25) is 9.59 Å². The largest absolute Gasteiger partial charge is 0.495 e. The fraction of sp³-hybridized carbons (Fsp3) is 0.414. The van der Waals surface area contributed by atoms with Crippen molar-refractivity contribution in [3.63, 3.8) is 0 Å². The Morgan fingerprint density at radius 2 is 1.78 bits per heavy atom. The molecule has 0 amide bonds. The molecular weight excluding hydrogens is 476 g/mol. The van der Waals surface area contributed by atoms with Crippen LogP contribution in [0.5, 0.6) is 23.0 Å². The molecule has 2 aromatic carbocycles. The second-order valence-corrected chi connectivity index (χ2v) is 9.57. The van der Waals surface area contributed by atoms with E-state index in [2.05, 4.69) is 0 Å². The third-order valence-corrected chi connectivity index (χ3v) is 6.96. The number of ether oxygens (including phenoxy) is 5. The fourth-order valence-electron chi connectivity index (χ4n) is 5.12. The zero-order valence-corrected chi connectivity index (χ0v) is 21.0. The summed E-state index contributed by atoms with van der Waals surface area (Å²) in [5.74, 6) is 0.824. The van der Waals surface area contributed by atoms with E-state index in [0.717, 1.165) is 12.0 Å². The number of benzene rings is 2. The number of Topliss-reactive ketones (excluding diaryl/α,β-unsaturated/α-hetero) is 1. The fourth-order valence-corrected chi connectivity index (χ4v) is 5.12. The molecule has 3 heterocycles. The predicted molar refractivity (Wildman–Crippen MR) is 134 cm³/mol. The molecule has 0 bridgehead atoms. The maximum absolute atomic E-state index is 13.5. The average Bonchev–Trinajstić information content (AvgIpc) is 3.34. The van der Waals surface area contributed by atoms with E-state index in [1.807, 2.05) is 31.2 Å². The molecule has 2 unspecified atom stereocenters. The van der Waals surface area contributed by atoms with E-state index in [9.17, 15) is 14.4 Å². The molecule has 0 N–H and O–H groups in total. The van der Waals surface area contributed by atoms with Crippen LogP contribution in [0.1, 0.15) is 84.8 Å². The number of cyclic esters (lactones) is 1. The highest BCUT2D eigenvalue weighted by Gasteiger charge is 2.36. The summed E-state index contributed by atoms with van der Waals surface area (Å²) >= 11 is 0. The zero-order valence-electron chi connectivity index (χ0n) is 21.0. The molecule has 0 saturated heterocycles. The highest BCUT2D eigenvalue weighted by Crippen LogP contribution is 2.49. The summed E-state index contributed by atoms with van der Waals surface area (Å²) in [5, 5.41) is 0. The van der Waals surface area contributed by atoms with Crippen molar-refractivity contribution in [2.24, 2.45) is 0 Å². The Labute approximate surface area is 215 Å². The third-order valence-electron chi connectivity index (χ3n) is 6.96. The number of fused-ring (bicyclic) bond motifs is 3. The summed E-state index contributed by atoms with van der Waals surface area (Å²) in [6.07, 6.45) is 7.10. The van der Waals surface area contributed by atoms with Gasteiger partial charge in [0.25, 0.3) is 0 Å². The van der Waals surface area contributed by atoms with E-state index in [4.69, 9.17) is 23.7 Å². The van der Waals surface area contributed by atoms with Gasteiger partial charge in [0.05, 0.1) is 19.6 Å². The summed E-state index contributed by atoms with van der Waals surface area (Å²) in [5.41, 5.74) is 2.27. The molecule has 5 rings (SSSR count). The van der Waals surface area contributed by atoms with E-state index in [0.29, 0.717) is 71.8 Å². The number of carbonyl (C=O) groups is 3. The minimum Gasteiger partial charge on any atom is -0.495 e. The van der Waals surface area contributed by atoms with E-state index in [1.54, 1.807) is 12.1 Å². The number of hydrogen-bond acceptors (Lipinski definition) is 8. The molecule has 8 nitrogen and oxygen atoms in total. The highest BCUT2D eigenvalue weighted by atomic mass is 16.7. The van der Waals surface area contributed by atoms with Crippen LogP contribution in [0.15, 0.2) is 30.3 Å². The van der Waals surface area contributed by atoms with Gasteiger partial charge >= 0.3 is 11.9 Å². The van der Waals surface area contributed by atoms with Crippen LogP contribution >= 0.6 is 0 Å². The van der Waals surface area contributed by atoms with Gasteiger partial charge in [0.2, 0.25) is 6.79 Å². The Morgan fingerprint density at radius 3 is 2.62 bits per heavy atom. The first-order valence-corrected chi connectivity index (χ1v) is 12.7. The Balaban J connectivity index is 1.62. The third kappa shape index (κ3) is 5.19. The van der Waals surface area contributed by atoms with Gasteiger partial charge in [-0.1, -0.05) is 18.2 Å². The van der Waals surface area contributed by atoms with Crippen molar-refractivity contribution < 1.29 is 38.1 Å². The quantitative estimate of drug-likeness (QED) is 0.397. The first-order chi connectivity index (χ1) is 17.9. The monoisotopic (exact) mass is 506 g/mol. The molecule has 0 fully saturated rings. The predicted octanol–water partition coefficient (Wildman–Crippen LogP) is 5.35. The SMILES string of the molecule is COc1c2c(cc3c1C(c1ccc4c(c1)OCO4)CC(=O)O3)C=CCCCC(=O)CCCC(C)OC2=O. The summed E-state index contributed by atoms with van der Waals surface area (Å²) in [6, 6.07) is 7.24. The lowest BCUT2D eigenvalue weighted by atomic mass is 9.83. The molecule has 0 aliphatic carbocycles. The lowest BCUT2D eigenvalue weighted by molar-refractivity contribution is -0.135. The van der Waals surface area contributed by atoms with Crippen molar-refractivity contribution in [2.75, 3.05) is 13.9 Å². The Bertz CT molecular complexity index is 1260. The standard InChI is InChI=1S/C29H30O8/c1-17-7-6-10-20(30)9-5-3-4-8-19-14-24-27(28(33-2)26(19)29(32)36-17)21(15-25(31)37-24)18-11-12-22-23(13-18)35-16-34-22/h4,8,11-14,17,21H,3,5-7,9-10,15-16H2,1-2H3. The van der Waals surface area contributed by atoms with Crippen molar-refractivity contribution in [3.05, 3.63) is 52.6 Å². The molecule has 8 heteroatoms. The van der Waals surface area contributed by atoms with Crippen LogP contribution in [-0.2, 0) is 14.3 Å². The molecule has 0 spiro atoms. The molecule has 3 aliphatic rings. The summed E-state index contributed by atoms with van der Waals surface area (Å²) in [4.78, 5) is 38.3. The zero-order chi connectivity index (χ0) is 25.9. The van der Waals surface area contributed by atoms with Gasteiger partial charge in [0.15, 0.2) is 11.5 Å². The Hall–Kier alpha value is -3.81. The van der Waals surface area contributed by atoms with Crippen LogP contribution in [0.25, 0.3) is 6.08 Å². The number of methoxy groups -OCH3 is 1. The summed E-state index contributed by atoms with van der Waals surface area (Å²) in [7, 11) is 1.50. The Morgan fingerprint density at radius 1 is 0.973 bits per heavy atom. The van der Waals surface area contributed by atoms with Gasteiger partial charge in [-0.15, -0.1) is 0 Å². The smallest absolute Gasteiger partial charge is 0.342 e. The van der Waals surface area contributed by atoms with E-state index >= 15 is 0 Å². The van der Waals surface area contributed by atoms with Gasteiger partial charge in [-0.25, -0.2) is 4.79 Å². The van der Waals surface area contributed by atoms with Crippen molar-refractivity contribution >= 4 is 23.8 Å². The molecule has 3 aliphatic heterocycles. The van der Waals surface area contributed by atoms with Crippen LogP contribution in [0.2, 0.25) is 0 Å². The van der Waals surface area contributed by atoms with Gasteiger partial charge in [0, 0.05) is 24.3 Å². The number of carbonyl (C=O) groups excluding carboxylic acids is 3. The number of esters is 2. The van der Waals surface area contributed by atoms with Crippen LogP contribution in [0.3, 0.4) is 0 Å². The van der Waals surface area contributed by atoms with Gasteiger partial charge < -0.3 is 23.7 Å². The molecule has 2 aromatic rings. The molecule has 0 aromatic heterocycles. The lowest BCUT2D eigenvalue weighted by Gasteiger charge is -2.29. The van der Waals surface area contributed by atoms with Crippen molar-refractivity contribution in [3.8, 4) is 23.0 Å². The van der Waals surface area contributed by atoms with E-state index in [1.165, 1.54) is 7.11 Å². The molecule has 37 heavy (non-hydrogen) atoms. The molecule has 194 valence electrons. The molecule has 2 atom stereocenters. The number of hydrogen-bond donors (Lipinski definition) is 0. The minimum atomic E-state index is -0.517. The number of ketones is 1. The molecule has 0 radical (unpaired) electrons. The van der Waals surface area contributed by atoms with Gasteiger partial charge in [-0.05, 0) is 61.9 Å². The minimum absolute atomic E-state index is 0.0805. The van der Waals surface area contributed by atoms with Crippen LogP contribution < -0.4 is 18.9 Å². The van der Waals surface area contributed by atoms with E-state index < -0.39 is 11.9 Å². The second-order valence-electron chi connectivity index (χ2n) is 9.57. The maximum atomic E-state index is 13.5. The van der Waals surface area contributed by atoms with Crippen molar-refractivity contribution in [1.82, 2.24) is 0 Å². The highest BCUT2D eigenvalue weighted by molar-refractivity contribution is 5.99. The number of allylic oxidation sites excluding steroid dienone is 1. The van der Waals surface area contributed by atoms with Gasteiger partial charge in [0.1, 0.15) is 22.8 Å². The maximum Gasteiger partial charge on any atom is 0.342 e. The normalized spacial score (nSPS) is 21.8. The number of rotatable bonds is 2. The summed E-state index contributed by atoms with van der Waals surface area (Å²) < 4.78 is 28.3.